The maximum Gasteiger partial charge on any atom is 0.134 e. The highest BCUT2D eigenvalue weighted by Gasteiger charge is 2.25. The molecule has 2 heterocycles. The van der Waals surface area contributed by atoms with Crippen LogP contribution in [0.4, 0.5) is 0 Å². The predicted octanol–water partition coefficient (Wildman–Crippen LogP) is 3.99. The minimum Gasteiger partial charge on any atom is -0.461 e. The molecule has 118 valence electrons. The van der Waals surface area contributed by atoms with Gasteiger partial charge in [0.05, 0.1) is 5.60 Å². The number of furan rings is 1. The van der Waals surface area contributed by atoms with E-state index < -0.39 is 5.60 Å². The predicted molar refractivity (Wildman–Crippen MR) is 88.6 cm³/mol. The van der Waals surface area contributed by atoms with E-state index in [1.165, 1.54) is 11.1 Å². The van der Waals surface area contributed by atoms with Gasteiger partial charge in [0.1, 0.15) is 11.5 Å². The second-order valence-electron chi connectivity index (χ2n) is 6.69. The third-order valence-corrected chi connectivity index (χ3v) is 4.57. The maximum absolute atomic E-state index is 10.2. The molecular formula is C19H25NO2. The molecule has 1 fully saturated rings. The van der Waals surface area contributed by atoms with Crippen LogP contribution in [-0.2, 0) is 6.54 Å². The van der Waals surface area contributed by atoms with Crippen LogP contribution in [0.5, 0.6) is 0 Å². The Bertz CT molecular complexity index is 630. The summed E-state index contributed by atoms with van der Waals surface area (Å²) < 4.78 is 5.80. The molecule has 0 aliphatic carbocycles. The molecule has 22 heavy (non-hydrogen) atoms. The number of rotatable bonds is 3. The van der Waals surface area contributed by atoms with Crippen molar-refractivity contribution in [3.05, 3.63) is 47.7 Å². The summed E-state index contributed by atoms with van der Waals surface area (Å²) in [6.45, 7) is 6.82. The van der Waals surface area contributed by atoms with Gasteiger partial charge in [-0.25, -0.2) is 0 Å². The van der Waals surface area contributed by atoms with Crippen LogP contribution < -0.4 is 0 Å². The van der Waals surface area contributed by atoms with Gasteiger partial charge >= 0.3 is 0 Å². The van der Waals surface area contributed by atoms with Crippen molar-refractivity contribution in [2.24, 2.45) is 0 Å². The van der Waals surface area contributed by atoms with Gasteiger partial charge in [0.2, 0.25) is 0 Å². The van der Waals surface area contributed by atoms with Crippen LogP contribution in [0.2, 0.25) is 0 Å². The molecule has 3 rings (SSSR count). The SMILES string of the molecule is Cc1ccc(-c2ccccc2CN2CCC[C@](C)(O)CC2)o1. The fraction of sp³-hybridized carbons (Fsp3) is 0.474. The second-order valence-corrected chi connectivity index (χ2v) is 6.69. The standard InChI is InChI=1S/C19H25NO2/c1-15-8-9-18(22-15)17-7-4-3-6-16(17)14-20-12-5-10-19(2,21)11-13-20/h3-4,6-9,21H,5,10-14H2,1-2H3/t19-/m0/s1. The van der Waals surface area contributed by atoms with Gasteiger partial charge in [-0.3, -0.25) is 4.90 Å². The number of nitrogens with zero attached hydrogens (tertiary/aromatic N) is 1. The van der Waals surface area contributed by atoms with E-state index in [1.807, 2.05) is 26.0 Å². The Morgan fingerprint density at radius 1 is 1.14 bits per heavy atom. The fourth-order valence-corrected chi connectivity index (χ4v) is 3.20. The Morgan fingerprint density at radius 3 is 2.73 bits per heavy atom. The monoisotopic (exact) mass is 299 g/mol. The molecule has 1 aromatic heterocycles. The number of likely N-dealkylation sites (tertiary alicyclic amines) is 1. The van der Waals surface area contributed by atoms with Gasteiger partial charge in [0, 0.05) is 18.7 Å². The smallest absolute Gasteiger partial charge is 0.134 e. The lowest BCUT2D eigenvalue weighted by Gasteiger charge is -2.23. The fourth-order valence-electron chi connectivity index (χ4n) is 3.20. The van der Waals surface area contributed by atoms with Crippen LogP contribution in [0.15, 0.2) is 40.8 Å². The molecule has 3 heteroatoms. The molecule has 2 aromatic rings. The van der Waals surface area contributed by atoms with Gasteiger partial charge in [-0.2, -0.15) is 0 Å². The lowest BCUT2D eigenvalue weighted by molar-refractivity contribution is 0.0444. The first kappa shape index (κ1) is 15.3. The van der Waals surface area contributed by atoms with Crippen molar-refractivity contribution in [1.82, 2.24) is 4.90 Å². The highest BCUT2D eigenvalue weighted by Crippen LogP contribution is 2.28. The van der Waals surface area contributed by atoms with Crippen molar-refractivity contribution >= 4 is 0 Å². The molecule has 1 atom stereocenters. The van der Waals surface area contributed by atoms with Gasteiger partial charge < -0.3 is 9.52 Å². The third kappa shape index (κ3) is 3.60. The largest absolute Gasteiger partial charge is 0.461 e. The number of benzene rings is 1. The van der Waals surface area contributed by atoms with Crippen LogP contribution >= 0.6 is 0 Å². The average Bonchev–Trinajstić information content (AvgIpc) is 2.83. The Labute approximate surface area is 132 Å². The second kappa shape index (κ2) is 6.27. The van der Waals surface area contributed by atoms with E-state index in [4.69, 9.17) is 4.42 Å². The van der Waals surface area contributed by atoms with Crippen molar-refractivity contribution in [3.63, 3.8) is 0 Å². The van der Waals surface area contributed by atoms with E-state index in [0.717, 1.165) is 50.4 Å². The quantitative estimate of drug-likeness (QED) is 0.931. The lowest BCUT2D eigenvalue weighted by Crippen LogP contribution is -2.28. The molecular weight excluding hydrogens is 274 g/mol. The van der Waals surface area contributed by atoms with Gasteiger partial charge in [-0.15, -0.1) is 0 Å². The molecule has 1 aliphatic heterocycles. The third-order valence-electron chi connectivity index (χ3n) is 4.57. The summed E-state index contributed by atoms with van der Waals surface area (Å²) in [5.74, 6) is 1.88. The van der Waals surface area contributed by atoms with Crippen molar-refractivity contribution < 1.29 is 9.52 Å². The summed E-state index contributed by atoms with van der Waals surface area (Å²) in [4.78, 5) is 2.44. The molecule has 0 amide bonds. The zero-order chi connectivity index (χ0) is 15.6. The number of aryl methyl sites for hydroxylation is 1. The summed E-state index contributed by atoms with van der Waals surface area (Å²) in [6, 6.07) is 12.5. The van der Waals surface area contributed by atoms with Crippen LogP contribution in [0.25, 0.3) is 11.3 Å². The Balaban J connectivity index is 1.78. The van der Waals surface area contributed by atoms with Crippen LogP contribution in [0.1, 0.15) is 37.5 Å². The minimum absolute atomic E-state index is 0.508. The highest BCUT2D eigenvalue weighted by molar-refractivity contribution is 5.62. The maximum atomic E-state index is 10.2. The minimum atomic E-state index is -0.508. The molecule has 1 saturated heterocycles. The van der Waals surface area contributed by atoms with Crippen LogP contribution in [0.3, 0.4) is 0 Å². The molecule has 0 radical (unpaired) electrons. The van der Waals surface area contributed by atoms with Crippen molar-refractivity contribution in [3.8, 4) is 11.3 Å². The van der Waals surface area contributed by atoms with E-state index in [2.05, 4.69) is 29.2 Å². The normalized spacial score (nSPS) is 23.4. The molecule has 0 bridgehead atoms. The van der Waals surface area contributed by atoms with Crippen LogP contribution in [-0.4, -0.2) is 28.7 Å². The van der Waals surface area contributed by atoms with Crippen molar-refractivity contribution in [1.29, 1.82) is 0 Å². The Kier molecular flexibility index (Phi) is 4.37. The zero-order valence-electron chi connectivity index (χ0n) is 13.5. The molecule has 0 spiro atoms. The molecule has 0 saturated carbocycles. The Hall–Kier alpha value is -1.58. The first-order chi connectivity index (χ1) is 10.5. The summed E-state index contributed by atoms with van der Waals surface area (Å²) in [5.41, 5.74) is 1.96. The van der Waals surface area contributed by atoms with E-state index in [-0.39, 0.29) is 0 Å². The van der Waals surface area contributed by atoms with Crippen molar-refractivity contribution in [2.75, 3.05) is 13.1 Å². The average molecular weight is 299 g/mol. The number of aliphatic hydroxyl groups is 1. The number of hydrogen-bond donors (Lipinski definition) is 1. The van der Waals surface area contributed by atoms with Gasteiger partial charge in [-0.1, -0.05) is 24.3 Å². The zero-order valence-corrected chi connectivity index (χ0v) is 13.5. The molecule has 0 unspecified atom stereocenters. The van der Waals surface area contributed by atoms with E-state index in [1.54, 1.807) is 0 Å². The molecule has 1 N–H and O–H groups in total. The van der Waals surface area contributed by atoms with Gasteiger partial charge in [0.25, 0.3) is 0 Å². The van der Waals surface area contributed by atoms with E-state index in [9.17, 15) is 5.11 Å². The van der Waals surface area contributed by atoms with Crippen molar-refractivity contribution in [2.45, 2.75) is 45.3 Å². The number of hydrogen-bond acceptors (Lipinski definition) is 3. The summed E-state index contributed by atoms with van der Waals surface area (Å²) in [6.07, 6.45) is 2.78. The van der Waals surface area contributed by atoms with Gasteiger partial charge in [-0.05, 0) is 57.4 Å². The summed E-state index contributed by atoms with van der Waals surface area (Å²) in [7, 11) is 0. The molecule has 1 aliphatic rings. The highest BCUT2D eigenvalue weighted by atomic mass is 16.3. The Morgan fingerprint density at radius 2 is 1.95 bits per heavy atom. The van der Waals surface area contributed by atoms with Gasteiger partial charge in [0.15, 0.2) is 0 Å². The first-order valence-corrected chi connectivity index (χ1v) is 8.13. The lowest BCUT2D eigenvalue weighted by atomic mass is 9.98. The first-order valence-electron chi connectivity index (χ1n) is 8.13. The summed E-state index contributed by atoms with van der Waals surface area (Å²) >= 11 is 0. The molecule has 1 aromatic carbocycles. The van der Waals surface area contributed by atoms with E-state index >= 15 is 0 Å². The topological polar surface area (TPSA) is 36.6 Å². The van der Waals surface area contributed by atoms with Crippen LogP contribution in [0, 0.1) is 6.92 Å². The molecule has 3 nitrogen and oxygen atoms in total. The summed E-state index contributed by atoms with van der Waals surface area (Å²) in [5, 5.41) is 10.2. The van der Waals surface area contributed by atoms with E-state index in [0.29, 0.717) is 0 Å².